The summed E-state index contributed by atoms with van der Waals surface area (Å²) in [5.41, 5.74) is 0.103. The van der Waals surface area contributed by atoms with Gasteiger partial charge >= 0.3 is 0 Å². The molecule has 0 saturated carbocycles. The van der Waals surface area contributed by atoms with Crippen molar-refractivity contribution in [3.63, 3.8) is 0 Å². The van der Waals surface area contributed by atoms with Crippen LogP contribution >= 0.6 is 0 Å². The Morgan fingerprint density at radius 2 is 1.67 bits per heavy atom. The van der Waals surface area contributed by atoms with E-state index in [9.17, 15) is 20.2 Å². The summed E-state index contributed by atoms with van der Waals surface area (Å²) in [4.78, 5) is 23.7. The molecule has 1 aliphatic heterocycles. The molecule has 1 aliphatic rings. The molecule has 1 aromatic carbocycles. The minimum Gasteiger partial charge on any atom is -0.395 e. The predicted molar refractivity (Wildman–Crippen MR) is 100 cm³/mol. The van der Waals surface area contributed by atoms with Gasteiger partial charge < -0.3 is 20.5 Å². The molecular weight excluding hydrogens is 358 g/mol. The molecule has 1 heterocycles. The van der Waals surface area contributed by atoms with E-state index in [1.807, 2.05) is 0 Å². The van der Waals surface area contributed by atoms with Crippen LogP contribution in [0.15, 0.2) is 6.07 Å². The van der Waals surface area contributed by atoms with Crippen molar-refractivity contribution in [2.75, 3.05) is 63.2 Å². The molecule has 0 bridgehead atoms. The van der Waals surface area contributed by atoms with E-state index in [4.69, 9.17) is 9.84 Å². The van der Waals surface area contributed by atoms with Crippen LogP contribution in [0.3, 0.4) is 0 Å². The van der Waals surface area contributed by atoms with Crippen LogP contribution in [-0.2, 0) is 4.74 Å². The molecule has 1 saturated heterocycles. The van der Waals surface area contributed by atoms with E-state index in [2.05, 4.69) is 15.5 Å². The molecule has 1 aromatic rings. The number of ether oxygens (including phenoxy) is 1. The summed E-state index contributed by atoms with van der Waals surface area (Å²) in [7, 11) is 0. The summed E-state index contributed by atoms with van der Waals surface area (Å²) in [6, 6.07) is 0.955. The monoisotopic (exact) mass is 383 g/mol. The van der Waals surface area contributed by atoms with Crippen LogP contribution in [0.25, 0.3) is 0 Å². The van der Waals surface area contributed by atoms with E-state index in [-0.39, 0.29) is 35.9 Å². The maximum absolute atomic E-state index is 11.4. The van der Waals surface area contributed by atoms with Crippen molar-refractivity contribution >= 4 is 22.7 Å². The normalized spacial score (nSPS) is 14.7. The fourth-order valence-electron chi connectivity index (χ4n) is 3.04. The molecule has 0 spiro atoms. The Hall–Kier alpha value is -2.50. The van der Waals surface area contributed by atoms with Gasteiger partial charge in [0.2, 0.25) is 0 Å². The Balaban J connectivity index is 2.16. The zero-order chi connectivity index (χ0) is 19.8. The number of rotatable bonds is 10. The highest BCUT2D eigenvalue weighted by atomic mass is 16.6. The van der Waals surface area contributed by atoms with Crippen LogP contribution in [0, 0.1) is 27.2 Å². The zero-order valence-electron chi connectivity index (χ0n) is 15.3. The SMILES string of the molecule is Cc1c(NCCO)c([N+](=O)[O-])cc([N+](=O)[O-])c1NCCCN1CCOCC1. The third-order valence-corrected chi connectivity index (χ3v) is 4.40. The molecule has 1 fully saturated rings. The van der Waals surface area contributed by atoms with E-state index in [0.717, 1.165) is 32.1 Å². The number of morpholine rings is 1. The maximum atomic E-state index is 11.4. The first-order valence-electron chi connectivity index (χ1n) is 8.80. The molecule has 11 heteroatoms. The Morgan fingerprint density at radius 3 is 2.19 bits per heavy atom. The van der Waals surface area contributed by atoms with Gasteiger partial charge in [0.1, 0.15) is 11.4 Å². The van der Waals surface area contributed by atoms with Crippen molar-refractivity contribution in [3.05, 3.63) is 31.9 Å². The van der Waals surface area contributed by atoms with Crippen LogP contribution in [0.5, 0.6) is 0 Å². The number of nitro benzene ring substituents is 2. The topological polar surface area (TPSA) is 143 Å². The molecule has 3 N–H and O–H groups in total. The number of aliphatic hydroxyl groups excluding tert-OH is 1. The molecular formula is C16H25N5O6. The van der Waals surface area contributed by atoms with Gasteiger partial charge in [-0.1, -0.05) is 0 Å². The lowest BCUT2D eigenvalue weighted by molar-refractivity contribution is -0.393. The van der Waals surface area contributed by atoms with Crippen molar-refractivity contribution in [1.82, 2.24) is 4.90 Å². The lowest BCUT2D eigenvalue weighted by Crippen LogP contribution is -2.37. The quantitative estimate of drug-likeness (QED) is 0.310. The minimum atomic E-state index is -0.665. The second-order valence-corrected chi connectivity index (χ2v) is 6.19. The van der Waals surface area contributed by atoms with Gasteiger partial charge in [0.25, 0.3) is 11.4 Å². The molecule has 2 rings (SSSR count). The number of hydrogen-bond donors (Lipinski definition) is 3. The highest BCUT2D eigenvalue weighted by Gasteiger charge is 2.28. The van der Waals surface area contributed by atoms with Crippen LogP contribution < -0.4 is 10.6 Å². The van der Waals surface area contributed by atoms with Crippen LogP contribution in [-0.4, -0.2) is 72.4 Å². The Bertz CT molecular complexity index is 678. The summed E-state index contributed by atoms with van der Waals surface area (Å²) in [5, 5.41) is 37.6. The average Bonchev–Trinajstić information content (AvgIpc) is 2.65. The summed E-state index contributed by atoms with van der Waals surface area (Å²) < 4.78 is 5.30. The van der Waals surface area contributed by atoms with Gasteiger partial charge in [-0.3, -0.25) is 25.1 Å². The van der Waals surface area contributed by atoms with Crippen LogP contribution in [0.2, 0.25) is 0 Å². The van der Waals surface area contributed by atoms with E-state index in [1.54, 1.807) is 6.92 Å². The second kappa shape index (κ2) is 10.00. The number of nitro groups is 2. The number of nitrogens with one attached hydrogen (secondary N) is 2. The van der Waals surface area contributed by atoms with Crippen LogP contribution in [0.1, 0.15) is 12.0 Å². The third-order valence-electron chi connectivity index (χ3n) is 4.40. The lowest BCUT2D eigenvalue weighted by atomic mass is 10.1. The highest BCUT2D eigenvalue weighted by Crippen LogP contribution is 2.40. The molecule has 0 aliphatic carbocycles. The molecule has 0 atom stereocenters. The number of anilines is 2. The van der Waals surface area contributed by atoms with Crippen molar-refractivity contribution in [2.24, 2.45) is 0 Å². The first kappa shape index (κ1) is 20.8. The van der Waals surface area contributed by atoms with E-state index < -0.39 is 9.85 Å². The van der Waals surface area contributed by atoms with Crippen molar-refractivity contribution in [1.29, 1.82) is 0 Å². The number of aliphatic hydroxyl groups is 1. The summed E-state index contributed by atoms with van der Waals surface area (Å²) in [6.45, 7) is 5.97. The van der Waals surface area contributed by atoms with Crippen molar-refractivity contribution in [2.45, 2.75) is 13.3 Å². The predicted octanol–water partition coefficient (Wildman–Crippen LogP) is 1.35. The zero-order valence-corrected chi connectivity index (χ0v) is 15.3. The first-order chi connectivity index (χ1) is 13.0. The van der Waals surface area contributed by atoms with Gasteiger partial charge in [-0.2, -0.15) is 0 Å². The van der Waals surface area contributed by atoms with Crippen molar-refractivity contribution < 1.29 is 19.7 Å². The maximum Gasteiger partial charge on any atom is 0.299 e. The highest BCUT2D eigenvalue weighted by molar-refractivity contribution is 5.82. The molecule has 150 valence electrons. The number of nitrogens with zero attached hydrogens (tertiary/aromatic N) is 3. The fraction of sp³-hybridized carbons (Fsp3) is 0.625. The van der Waals surface area contributed by atoms with Gasteiger partial charge in [0.05, 0.1) is 35.7 Å². The van der Waals surface area contributed by atoms with Gasteiger partial charge in [0.15, 0.2) is 0 Å². The van der Waals surface area contributed by atoms with E-state index in [1.165, 1.54) is 0 Å². The fourth-order valence-corrected chi connectivity index (χ4v) is 3.04. The molecule has 0 unspecified atom stereocenters. The largest absolute Gasteiger partial charge is 0.395 e. The molecule has 0 aromatic heterocycles. The van der Waals surface area contributed by atoms with E-state index in [0.29, 0.717) is 25.3 Å². The van der Waals surface area contributed by atoms with Gasteiger partial charge in [-0.05, 0) is 19.9 Å². The van der Waals surface area contributed by atoms with Crippen LogP contribution in [0.4, 0.5) is 22.7 Å². The smallest absolute Gasteiger partial charge is 0.299 e. The van der Waals surface area contributed by atoms with Gasteiger partial charge in [0, 0.05) is 31.7 Å². The Kier molecular flexibility index (Phi) is 7.70. The number of hydrogen-bond acceptors (Lipinski definition) is 9. The molecule has 0 radical (unpaired) electrons. The number of benzene rings is 1. The van der Waals surface area contributed by atoms with Gasteiger partial charge in [-0.25, -0.2) is 0 Å². The summed E-state index contributed by atoms with van der Waals surface area (Å²) >= 11 is 0. The van der Waals surface area contributed by atoms with Gasteiger partial charge in [-0.15, -0.1) is 0 Å². The first-order valence-corrected chi connectivity index (χ1v) is 8.80. The molecule has 11 nitrogen and oxygen atoms in total. The summed E-state index contributed by atoms with van der Waals surface area (Å²) in [5.74, 6) is 0. The lowest BCUT2D eigenvalue weighted by Gasteiger charge is -2.26. The third kappa shape index (κ3) is 5.49. The Morgan fingerprint density at radius 1 is 1.11 bits per heavy atom. The average molecular weight is 383 g/mol. The standard InChI is InChI=1S/C16H25N5O6/c1-12-15(17-3-2-5-19-6-9-27-10-7-19)13(20(23)24)11-14(21(25)26)16(12)18-4-8-22/h11,17-18,22H,2-10H2,1H3. The second-order valence-electron chi connectivity index (χ2n) is 6.19. The molecule has 27 heavy (non-hydrogen) atoms. The molecule has 0 amide bonds. The summed E-state index contributed by atoms with van der Waals surface area (Å²) in [6.07, 6.45) is 0.771. The Labute approximate surface area is 156 Å². The van der Waals surface area contributed by atoms with Crippen molar-refractivity contribution in [3.8, 4) is 0 Å². The van der Waals surface area contributed by atoms with E-state index >= 15 is 0 Å². The minimum absolute atomic E-state index is 0.107.